The maximum atomic E-state index is 12.1. The van der Waals surface area contributed by atoms with Gasteiger partial charge in [0.1, 0.15) is 0 Å². The van der Waals surface area contributed by atoms with Crippen molar-refractivity contribution in [2.24, 2.45) is 4.99 Å². The van der Waals surface area contributed by atoms with Gasteiger partial charge in [0.15, 0.2) is 17.5 Å². The van der Waals surface area contributed by atoms with Crippen LogP contribution in [0.25, 0.3) is 11.3 Å². The van der Waals surface area contributed by atoms with Gasteiger partial charge >= 0.3 is 5.88 Å². The summed E-state index contributed by atoms with van der Waals surface area (Å²) in [4.78, 5) is 8.31. The van der Waals surface area contributed by atoms with Gasteiger partial charge < -0.3 is 14.6 Å². The van der Waals surface area contributed by atoms with Crippen molar-refractivity contribution in [2.45, 2.75) is 25.0 Å². The minimum atomic E-state index is -0.380. The van der Waals surface area contributed by atoms with Crippen molar-refractivity contribution in [2.75, 3.05) is 12.5 Å². The highest BCUT2D eigenvalue weighted by atomic mass is 32.2. The molecule has 0 atom stereocenters. The second kappa shape index (κ2) is 7.80. The first-order valence-corrected chi connectivity index (χ1v) is 9.42. The second-order valence-corrected chi connectivity index (χ2v) is 7.04. The molecule has 0 saturated carbocycles. The van der Waals surface area contributed by atoms with Gasteiger partial charge in [-0.1, -0.05) is 11.8 Å². The van der Waals surface area contributed by atoms with Gasteiger partial charge in [0.25, 0.3) is 6.20 Å². The first-order chi connectivity index (χ1) is 13.6. The molecule has 28 heavy (non-hydrogen) atoms. The standard InChI is InChI=1S/C17H16N6O4S/c1-10(2)23-7-16(27-22-23)20-15(24)8-28-17-19-12(6-18-21-17)11-3-4-13-14(5-11)26-9-25-13/h3-7,10H,8-9H2,1-2H3. The molecule has 0 bridgehead atoms. The molecular formula is C17H16N6O4S. The monoisotopic (exact) mass is 400 g/mol. The van der Waals surface area contributed by atoms with Crippen LogP contribution in [-0.2, 0) is 0 Å². The highest BCUT2D eigenvalue weighted by molar-refractivity contribution is 7.99. The molecule has 3 heterocycles. The molecule has 2 aromatic heterocycles. The van der Waals surface area contributed by atoms with Crippen LogP contribution >= 0.6 is 11.8 Å². The fourth-order valence-corrected chi connectivity index (χ4v) is 2.95. The van der Waals surface area contributed by atoms with Gasteiger partial charge in [0, 0.05) is 11.3 Å². The molecule has 0 radical (unpaired) electrons. The molecule has 0 N–H and O–H groups in total. The fourth-order valence-electron chi connectivity index (χ4n) is 2.37. The van der Waals surface area contributed by atoms with Crippen LogP contribution < -0.4 is 19.3 Å². The zero-order chi connectivity index (χ0) is 19.5. The van der Waals surface area contributed by atoms with E-state index in [1.165, 1.54) is 0 Å². The van der Waals surface area contributed by atoms with E-state index in [1.807, 2.05) is 32.0 Å². The Hall–Kier alpha value is -3.21. The predicted molar refractivity (Wildman–Crippen MR) is 96.3 cm³/mol. The molecule has 11 heteroatoms. The molecule has 0 spiro atoms. The number of hydrogen-bond acceptors (Lipinski definition) is 10. The summed E-state index contributed by atoms with van der Waals surface area (Å²) in [6.07, 6.45) is 3.12. The van der Waals surface area contributed by atoms with Gasteiger partial charge in [-0.15, -0.1) is 5.10 Å². The quantitative estimate of drug-likeness (QED) is 0.261. The number of benzene rings is 1. The van der Waals surface area contributed by atoms with Gasteiger partial charge in [0.2, 0.25) is 17.2 Å². The van der Waals surface area contributed by atoms with E-state index in [9.17, 15) is 5.11 Å². The molecular weight excluding hydrogens is 384 g/mol. The molecule has 0 amide bonds. The lowest BCUT2D eigenvalue weighted by Gasteiger charge is -2.08. The summed E-state index contributed by atoms with van der Waals surface area (Å²) in [7, 11) is 0. The molecule has 0 saturated heterocycles. The number of thioether (sulfide) groups is 1. The normalized spacial score (nSPS) is 13.3. The van der Waals surface area contributed by atoms with Crippen molar-refractivity contribution < 1.29 is 23.8 Å². The number of nitrogens with zero attached hydrogens (tertiary/aromatic N) is 6. The Morgan fingerprint density at radius 2 is 2.18 bits per heavy atom. The van der Waals surface area contributed by atoms with E-state index in [0.29, 0.717) is 22.3 Å². The molecule has 3 aromatic rings. The highest BCUT2D eigenvalue weighted by Crippen LogP contribution is 2.35. The van der Waals surface area contributed by atoms with Gasteiger partial charge in [-0.05, 0) is 42.6 Å². The predicted octanol–water partition coefficient (Wildman–Crippen LogP) is 1.31. The summed E-state index contributed by atoms with van der Waals surface area (Å²) in [5.74, 6) is 1.18. The molecule has 0 aliphatic carbocycles. The Balaban J connectivity index is 1.44. The van der Waals surface area contributed by atoms with E-state index in [4.69, 9.17) is 14.0 Å². The van der Waals surface area contributed by atoms with Crippen LogP contribution in [0.15, 0.2) is 45.3 Å². The van der Waals surface area contributed by atoms with Crippen molar-refractivity contribution in [1.29, 1.82) is 0 Å². The van der Waals surface area contributed by atoms with Crippen LogP contribution in [-0.4, -0.2) is 38.9 Å². The molecule has 0 unspecified atom stereocenters. The van der Waals surface area contributed by atoms with Gasteiger partial charge in [-0.3, -0.25) is 4.52 Å². The van der Waals surface area contributed by atoms with Crippen molar-refractivity contribution in [3.05, 3.63) is 30.6 Å². The van der Waals surface area contributed by atoms with Crippen LogP contribution in [0.1, 0.15) is 19.9 Å². The zero-order valence-corrected chi connectivity index (χ0v) is 15.9. The number of ether oxygens (including phenoxy) is 2. The molecule has 10 nitrogen and oxygen atoms in total. The van der Waals surface area contributed by atoms with E-state index in [-0.39, 0.29) is 30.4 Å². The van der Waals surface area contributed by atoms with E-state index in [1.54, 1.807) is 17.1 Å². The first-order valence-electron chi connectivity index (χ1n) is 8.44. The Kier molecular flexibility index (Phi) is 5.06. The third kappa shape index (κ3) is 4.03. The van der Waals surface area contributed by atoms with E-state index < -0.39 is 0 Å². The zero-order valence-electron chi connectivity index (χ0n) is 15.1. The smallest absolute Gasteiger partial charge is 0.320 e. The fraction of sp³-hybridized carbons (Fsp3) is 0.294. The number of aliphatic imine (C=N–C) groups is 1. The average molecular weight is 400 g/mol. The highest BCUT2D eigenvalue weighted by Gasteiger charge is 2.16. The molecule has 1 aliphatic rings. The van der Waals surface area contributed by atoms with Crippen molar-refractivity contribution in [1.82, 2.24) is 20.5 Å². The maximum absolute atomic E-state index is 12.1. The van der Waals surface area contributed by atoms with Crippen LogP contribution in [0, 0.1) is 0 Å². The first kappa shape index (κ1) is 18.2. The lowest BCUT2D eigenvalue weighted by atomic mass is 10.1. The summed E-state index contributed by atoms with van der Waals surface area (Å²) in [6, 6.07) is 5.63. The Morgan fingerprint density at radius 1 is 1.32 bits per heavy atom. The summed E-state index contributed by atoms with van der Waals surface area (Å²) in [5.41, 5.74) is 1.44. The molecule has 1 aliphatic heterocycles. The SMILES string of the molecule is CC(C)[n+]1cc(/N=C(\[O-])CSc2nncc(-c3ccc4c(c3)OCO4)n2)on1. The molecule has 0 fully saturated rings. The lowest BCUT2D eigenvalue weighted by molar-refractivity contribution is -0.779. The second-order valence-electron chi connectivity index (χ2n) is 6.10. The third-order valence-corrected chi connectivity index (χ3v) is 4.59. The molecule has 1 aromatic carbocycles. The Labute approximate surface area is 164 Å². The van der Waals surface area contributed by atoms with Gasteiger partial charge in [-0.25, -0.2) is 9.98 Å². The van der Waals surface area contributed by atoms with E-state index >= 15 is 0 Å². The van der Waals surface area contributed by atoms with Gasteiger partial charge in [0.05, 0.1) is 11.9 Å². The average Bonchev–Trinajstić information content (AvgIpc) is 3.35. The van der Waals surface area contributed by atoms with Crippen LogP contribution in [0.2, 0.25) is 0 Å². The summed E-state index contributed by atoms with van der Waals surface area (Å²) < 4.78 is 17.3. The summed E-state index contributed by atoms with van der Waals surface area (Å²) in [5, 5.41) is 24.1. The van der Waals surface area contributed by atoms with Crippen LogP contribution in [0.4, 0.5) is 5.88 Å². The number of hydrogen-bond donors (Lipinski definition) is 0. The van der Waals surface area contributed by atoms with Crippen LogP contribution in [0.3, 0.4) is 0 Å². The number of aromatic nitrogens is 5. The minimum Gasteiger partial charge on any atom is -0.861 e. The topological polar surface area (TPSA) is 122 Å². The lowest BCUT2D eigenvalue weighted by Crippen LogP contribution is -2.36. The number of fused-ring (bicyclic) bond motifs is 1. The van der Waals surface area contributed by atoms with Crippen molar-refractivity contribution >= 4 is 23.5 Å². The molecule has 4 rings (SSSR count). The minimum absolute atomic E-state index is 0.0502. The summed E-state index contributed by atoms with van der Waals surface area (Å²) >= 11 is 1.14. The van der Waals surface area contributed by atoms with Crippen LogP contribution in [0.5, 0.6) is 11.5 Å². The van der Waals surface area contributed by atoms with Gasteiger partial charge in [-0.2, -0.15) is 5.10 Å². The maximum Gasteiger partial charge on any atom is 0.320 e. The molecule has 144 valence electrons. The Bertz CT molecular complexity index is 1020. The Morgan fingerprint density at radius 3 is 3.00 bits per heavy atom. The van der Waals surface area contributed by atoms with E-state index in [0.717, 1.165) is 17.3 Å². The third-order valence-electron chi connectivity index (χ3n) is 3.77. The van der Waals surface area contributed by atoms with E-state index in [2.05, 4.69) is 25.4 Å². The van der Waals surface area contributed by atoms with Crippen molar-refractivity contribution in [3.8, 4) is 22.8 Å². The number of rotatable bonds is 6. The largest absolute Gasteiger partial charge is 0.861 e. The van der Waals surface area contributed by atoms with Crippen molar-refractivity contribution in [3.63, 3.8) is 0 Å². The summed E-state index contributed by atoms with van der Waals surface area (Å²) in [6.45, 7) is 4.10.